The number of aliphatic hydroxyl groups is 1. The number of hydrogen-bond donors (Lipinski definition) is 1. The predicted molar refractivity (Wildman–Crippen MR) is 71.5 cm³/mol. The lowest BCUT2D eigenvalue weighted by atomic mass is 9.91. The highest BCUT2D eigenvalue weighted by molar-refractivity contribution is 14.1. The molecule has 0 radical (unpaired) electrons. The van der Waals surface area contributed by atoms with Crippen molar-refractivity contribution >= 4 is 28.2 Å². The first-order chi connectivity index (χ1) is 7.63. The van der Waals surface area contributed by atoms with Gasteiger partial charge in [0.25, 0.3) is 0 Å². The number of halogens is 1. The summed E-state index contributed by atoms with van der Waals surface area (Å²) in [6, 6.07) is 10.0. The summed E-state index contributed by atoms with van der Waals surface area (Å²) in [5.41, 5.74) is 0.840. The van der Waals surface area contributed by atoms with E-state index < -0.39 is 5.60 Å². The Hall–Kier alpha value is -1.12. The van der Waals surface area contributed by atoms with E-state index >= 15 is 0 Å². The molecule has 0 aliphatic heterocycles. The first-order valence-electron chi connectivity index (χ1n) is 4.92. The van der Waals surface area contributed by atoms with Crippen molar-refractivity contribution in [1.29, 1.82) is 5.26 Å². The number of nitrogens with zero attached hydrogens (tertiary/aromatic N) is 1. The molecule has 2 nitrogen and oxygen atoms in total. The second-order valence-electron chi connectivity index (χ2n) is 3.74. The maximum atomic E-state index is 9.71. The summed E-state index contributed by atoms with van der Waals surface area (Å²) in [4.78, 5) is 0. The van der Waals surface area contributed by atoms with E-state index in [0.717, 1.165) is 11.1 Å². The number of allylic oxidation sites excluding steroid dienone is 2. The molecule has 0 heterocycles. The Kier molecular flexibility index (Phi) is 3.13. The number of benzene rings is 1. The van der Waals surface area contributed by atoms with Crippen LogP contribution in [0.4, 0.5) is 0 Å². The van der Waals surface area contributed by atoms with Crippen molar-refractivity contribution in [2.24, 2.45) is 0 Å². The van der Waals surface area contributed by atoms with Gasteiger partial charge >= 0.3 is 0 Å². The summed E-state index contributed by atoms with van der Waals surface area (Å²) in [7, 11) is 0. The Morgan fingerprint density at radius 2 is 2.25 bits per heavy atom. The second kappa shape index (κ2) is 4.40. The molecular weight excluding hydrogens is 313 g/mol. The maximum Gasteiger partial charge on any atom is 0.173 e. The van der Waals surface area contributed by atoms with Crippen LogP contribution in [-0.2, 0) is 0 Å². The molecule has 0 aromatic heterocycles. The fourth-order valence-corrected chi connectivity index (χ4v) is 2.14. The average Bonchev–Trinajstić information content (AvgIpc) is 2.30. The zero-order valence-electron chi connectivity index (χ0n) is 8.52. The van der Waals surface area contributed by atoms with E-state index in [2.05, 4.69) is 28.7 Å². The third kappa shape index (κ3) is 2.34. The summed E-state index contributed by atoms with van der Waals surface area (Å²) in [5.74, 6) is 0. The van der Waals surface area contributed by atoms with E-state index in [4.69, 9.17) is 5.26 Å². The van der Waals surface area contributed by atoms with Crippen LogP contribution in [-0.4, -0.2) is 10.7 Å². The summed E-state index contributed by atoms with van der Waals surface area (Å²) in [6.07, 6.45) is 5.61. The molecule has 3 heteroatoms. The molecule has 16 heavy (non-hydrogen) atoms. The summed E-state index contributed by atoms with van der Waals surface area (Å²) < 4.78 is 1.17. The van der Waals surface area contributed by atoms with Crippen molar-refractivity contribution in [1.82, 2.24) is 0 Å². The molecule has 1 unspecified atom stereocenters. The fraction of sp³-hybridized carbons (Fsp3) is 0.154. The molecule has 0 spiro atoms. The molecule has 2 rings (SSSR count). The van der Waals surface area contributed by atoms with Crippen LogP contribution < -0.4 is 0 Å². The lowest BCUT2D eigenvalue weighted by Gasteiger charge is -2.18. The molecule has 0 saturated carbocycles. The Balaban J connectivity index is 2.28. The van der Waals surface area contributed by atoms with Crippen molar-refractivity contribution < 1.29 is 5.11 Å². The van der Waals surface area contributed by atoms with Gasteiger partial charge in [-0.3, -0.25) is 0 Å². The van der Waals surface area contributed by atoms with Gasteiger partial charge in [-0.25, -0.2) is 0 Å². The average molecular weight is 323 g/mol. The van der Waals surface area contributed by atoms with Crippen molar-refractivity contribution in [2.45, 2.75) is 12.0 Å². The molecule has 0 fully saturated rings. The molecule has 1 N–H and O–H groups in total. The van der Waals surface area contributed by atoms with E-state index in [0.29, 0.717) is 6.42 Å². The molecule has 1 aromatic rings. The minimum absolute atomic E-state index is 0.348. The number of hydrogen-bond acceptors (Lipinski definition) is 2. The molecule has 1 aliphatic rings. The van der Waals surface area contributed by atoms with Gasteiger partial charge in [0.15, 0.2) is 5.60 Å². The van der Waals surface area contributed by atoms with Crippen LogP contribution in [0.25, 0.3) is 5.57 Å². The smallest absolute Gasteiger partial charge is 0.173 e. The van der Waals surface area contributed by atoms with Crippen LogP contribution in [0, 0.1) is 14.9 Å². The first kappa shape index (κ1) is 11.4. The van der Waals surface area contributed by atoms with Crippen LogP contribution in [0.15, 0.2) is 42.5 Å². The topological polar surface area (TPSA) is 44.0 Å². The van der Waals surface area contributed by atoms with Crippen molar-refractivity contribution in [3.05, 3.63) is 51.6 Å². The summed E-state index contributed by atoms with van der Waals surface area (Å²) in [6.45, 7) is 0. The van der Waals surface area contributed by atoms with Gasteiger partial charge in [0.2, 0.25) is 0 Å². The van der Waals surface area contributed by atoms with E-state index in [9.17, 15) is 5.11 Å². The first-order valence-corrected chi connectivity index (χ1v) is 6.00. The Morgan fingerprint density at radius 1 is 1.44 bits per heavy atom. The van der Waals surface area contributed by atoms with Crippen LogP contribution in [0.5, 0.6) is 0 Å². The zero-order valence-corrected chi connectivity index (χ0v) is 10.7. The van der Waals surface area contributed by atoms with Gasteiger partial charge in [-0.05, 0) is 51.9 Å². The third-order valence-corrected chi connectivity index (χ3v) is 3.19. The molecule has 0 amide bonds. The van der Waals surface area contributed by atoms with E-state index in [-0.39, 0.29) is 0 Å². The van der Waals surface area contributed by atoms with E-state index in [1.807, 2.05) is 30.3 Å². The van der Waals surface area contributed by atoms with Crippen LogP contribution in [0.2, 0.25) is 0 Å². The van der Waals surface area contributed by atoms with E-state index in [1.165, 1.54) is 3.57 Å². The van der Waals surface area contributed by atoms with Crippen molar-refractivity contribution in [3.63, 3.8) is 0 Å². The highest BCUT2D eigenvalue weighted by Crippen LogP contribution is 2.27. The summed E-state index contributed by atoms with van der Waals surface area (Å²) >= 11 is 2.26. The fourth-order valence-electron chi connectivity index (χ4n) is 1.59. The molecule has 80 valence electrons. The molecular formula is C13H10INO. The predicted octanol–water partition coefficient (Wildman–Crippen LogP) is 2.89. The van der Waals surface area contributed by atoms with Crippen molar-refractivity contribution in [3.8, 4) is 6.07 Å². The molecule has 1 aliphatic carbocycles. The summed E-state index contributed by atoms with van der Waals surface area (Å²) in [5, 5.41) is 18.5. The van der Waals surface area contributed by atoms with Crippen LogP contribution >= 0.6 is 22.6 Å². The molecule has 0 saturated heterocycles. The molecule has 0 bridgehead atoms. The number of rotatable bonds is 1. The Bertz CT molecular complexity index is 513. The third-order valence-electron chi connectivity index (χ3n) is 2.52. The SMILES string of the molecule is N#CC1(O)C=CC(c2cccc(I)c2)=CC1. The highest BCUT2D eigenvalue weighted by atomic mass is 127. The monoisotopic (exact) mass is 323 g/mol. The van der Waals surface area contributed by atoms with Gasteiger partial charge in [0.1, 0.15) is 6.07 Å². The van der Waals surface area contributed by atoms with Gasteiger partial charge in [-0.2, -0.15) is 5.26 Å². The van der Waals surface area contributed by atoms with Gasteiger partial charge in [-0.15, -0.1) is 0 Å². The van der Waals surface area contributed by atoms with E-state index in [1.54, 1.807) is 12.2 Å². The minimum Gasteiger partial charge on any atom is -0.372 e. The Morgan fingerprint density at radius 3 is 2.81 bits per heavy atom. The molecule has 1 aromatic carbocycles. The Labute approximate surface area is 108 Å². The molecule has 1 atom stereocenters. The van der Waals surface area contributed by atoms with Gasteiger partial charge in [0, 0.05) is 9.99 Å². The quantitative estimate of drug-likeness (QED) is 0.638. The second-order valence-corrected chi connectivity index (χ2v) is 4.99. The normalized spacial score (nSPS) is 23.7. The standard InChI is InChI=1S/C13H10INO/c14-12-3-1-2-11(8-12)10-4-6-13(16,9-15)7-5-10/h1-6,8,16H,7H2. The lowest BCUT2D eigenvalue weighted by molar-refractivity contribution is 0.153. The maximum absolute atomic E-state index is 9.71. The van der Waals surface area contributed by atoms with Gasteiger partial charge in [0.05, 0.1) is 0 Å². The minimum atomic E-state index is -1.33. The number of nitriles is 1. The zero-order chi connectivity index (χ0) is 11.6. The van der Waals surface area contributed by atoms with Gasteiger partial charge < -0.3 is 5.11 Å². The largest absolute Gasteiger partial charge is 0.372 e. The highest BCUT2D eigenvalue weighted by Gasteiger charge is 2.24. The van der Waals surface area contributed by atoms with Gasteiger partial charge in [-0.1, -0.05) is 24.3 Å². The van der Waals surface area contributed by atoms with Crippen LogP contribution in [0.1, 0.15) is 12.0 Å². The van der Waals surface area contributed by atoms with Crippen LogP contribution in [0.3, 0.4) is 0 Å². The lowest BCUT2D eigenvalue weighted by Crippen LogP contribution is -2.23. The van der Waals surface area contributed by atoms with Crippen molar-refractivity contribution in [2.75, 3.05) is 0 Å².